The van der Waals surface area contributed by atoms with Crippen LogP contribution in [0.15, 0.2) is 36.4 Å². The van der Waals surface area contributed by atoms with Gasteiger partial charge < -0.3 is 10.2 Å². The first-order chi connectivity index (χ1) is 10.1. The summed E-state index contributed by atoms with van der Waals surface area (Å²) in [5.41, 5.74) is 2.33. The summed E-state index contributed by atoms with van der Waals surface area (Å²) in [5, 5.41) is 3.50. The van der Waals surface area contributed by atoms with Crippen molar-refractivity contribution in [2.24, 2.45) is 0 Å². The number of halogens is 2. The first kappa shape index (κ1) is 16.6. The highest BCUT2D eigenvalue weighted by Crippen LogP contribution is 2.34. The Hall–Kier alpha value is -0.740. The maximum atomic E-state index is 6.17. The number of rotatable bonds is 7. The molecule has 0 saturated heterocycles. The van der Waals surface area contributed by atoms with Gasteiger partial charge in [0.2, 0.25) is 0 Å². The van der Waals surface area contributed by atoms with Gasteiger partial charge in [0, 0.05) is 25.3 Å². The Morgan fingerprint density at radius 3 is 2.57 bits per heavy atom. The van der Waals surface area contributed by atoms with Crippen molar-refractivity contribution >= 4 is 40.2 Å². The zero-order valence-electron chi connectivity index (χ0n) is 12.3. The number of hydrogen-bond donors (Lipinski definition) is 1. The van der Waals surface area contributed by atoms with Gasteiger partial charge in [-0.2, -0.15) is 0 Å². The predicted molar refractivity (Wildman–Crippen MR) is 95.1 cm³/mol. The van der Waals surface area contributed by atoms with Gasteiger partial charge in [-0.05, 0) is 43.7 Å². The van der Waals surface area contributed by atoms with E-state index in [0.29, 0.717) is 0 Å². The molecule has 5 heteroatoms. The van der Waals surface area contributed by atoms with Crippen LogP contribution in [0.2, 0.25) is 8.67 Å². The SMILES string of the molecule is CC(NCCCN(C)c1ccccc1)c1cc(Cl)sc1Cl. The topological polar surface area (TPSA) is 15.3 Å². The molecule has 1 aromatic heterocycles. The summed E-state index contributed by atoms with van der Waals surface area (Å²) in [7, 11) is 2.12. The molecule has 21 heavy (non-hydrogen) atoms. The van der Waals surface area contributed by atoms with Gasteiger partial charge in [-0.3, -0.25) is 0 Å². The van der Waals surface area contributed by atoms with Gasteiger partial charge in [-0.25, -0.2) is 0 Å². The minimum atomic E-state index is 0.225. The third-order valence-electron chi connectivity index (χ3n) is 3.47. The summed E-state index contributed by atoms with van der Waals surface area (Å²) in [6.07, 6.45) is 1.07. The van der Waals surface area contributed by atoms with Crippen molar-refractivity contribution in [2.75, 3.05) is 25.0 Å². The van der Waals surface area contributed by atoms with E-state index < -0.39 is 0 Å². The lowest BCUT2D eigenvalue weighted by Crippen LogP contribution is -2.25. The molecule has 1 heterocycles. The quantitative estimate of drug-likeness (QED) is 0.692. The summed E-state index contributed by atoms with van der Waals surface area (Å²) in [6, 6.07) is 12.6. The average molecular weight is 343 g/mol. The lowest BCUT2D eigenvalue weighted by molar-refractivity contribution is 0.559. The van der Waals surface area contributed by atoms with Crippen LogP contribution in [0.3, 0.4) is 0 Å². The molecule has 114 valence electrons. The predicted octanol–water partition coefficient (Wildman–Crippen LogP) is 5.23. The number of thiophene rings is 1. The first-order valence-corrected chi connectivity index (χ1v) is 8.59. The molecule has 2 rings (SSSR count). The fourth-order valence-electron chi connectivity index (χ4n) is 2.20. The minimum Gasteiger partial charge on any atom is -0.375 e. The normalized spacial score (nSPS) is 12.4. The molecule has 0 spiro atoms. The second-order valence-electron chi connectivity index (χ2n) is 5.07. The average Bonchev–Trinajstić information content (AvgIpc) is 2.83. The molecule has 0 amide bonds. The van der Waals surface area contributed by atoms with Crippen molar-refractivity contribution in [2.45, 2.75) is 19.4 Å². The number of benzene rings is 1. The highest BCUT2D eigenvalue weighted by molar-refractivity contribution is 7.20. The Morgan fingerprint density at radius 1 is 1.24 bits per heavy atom. The van der Waals surface area contributed by atoms with E-state index in [9.17, 15) is 0 Å². The maximum absolute atomic E-state index is 6.17. The van der Waals surface area contributed by atoms with E-state index in [1.54, 1.807) is 0 Å². The van der Waals surface area contributed by atoms with Crippen LogP contribution < -0.4 is 10.2 Å². The van der Waals surface area contributed by atoms with Gasteiger partial charge in [0.05, 0.1) is 8.67 Å². The van der Waals surface area contributed by atoms with Crippen molar-refractivity contribution in [3.8, 4) is 0 Å². The van der Waals surface area contributed by atoms with E-state index >= 15 is 0 Å². The Labute approximate surface area is 140 Å². The van der Waals surface area contributed by atoms with Crippen molar-refractivity contribution < 1.29 is 0 Å². The monoisotopic (exact) mass is 342 g/mol. The van der Waals surface area contributed by atoms with Crippen molar-refractivity contribution in [3.05, 3.63) is 50.6 Å². The van der Waals surface area contributed by atoms with E-state index in [1.807, 2.05) is 12.1 Å². The third-order valence-corrected chi connectivity index (χ3v) is 4.99. The lowest BCUT2D eigenvalue weighted by Gasteiger charge is -2.20. The molecule has 0 fully saturated rings. The van der Waals surface area contributed by atoms with Crippen molar-refractivity contribution in [3.63, 3.8) is 0 Å². The lowest BCUT2D eigenvalue weighted by atomic mass is 10.2. The van der Waals surface area contributed by atoms with Crippen LogP contribution in [0.4, 0.5) is 5.69 Å². The summed E-state index contributed by atoms with van der Waals surface area (Å²) in [4.78, 5) is 2.26. The number of nitrogens with zero attached hydrogens (tertiary/aromatic N) is 1. The molecule has 0 aliphatic rings. The highest BCUT2D eigenvalue weighted by Gasteiger charge is 2.12. The van der Waals surface area contributed by atoms with Crippen LogP contribution >= 0.6 is 34.5 Å². The second-order valence-corrected chi connectivity index (χ2v) is 7.35. The Bertz CT molecular complexity index is 557. The number of hydrogen-bond acceptors (Lipinski definition) is 3. The molecule has 1 unspecified atom stereocenters. The molecule has 1 atom stereocenters. The standard InChI is InChI=1S/C16H20Cl2N2S/c1-12(14-11-15(17)21-16(14)18)19-9-6-10-20(2)13-7-4-3-5-8-13/h3-5,7-8,11-12,19H,6,9-10H2,1-2H3. The van der Waals surface area contributed by atoms with Gasteiger partial charge in [0.25, 0.3) is 0 Å². The molecule has 2 nitrogen and oxygen atoms in total. The number of para-hydroxylation sites is 1. The first-order valence-electron chi connectivity index (χ1n) is 7.02. The third kappa shape index (κ3) is 4.89. The molecule has 0 aliphatic carbocycles. The molecular weight excluding hydrogens is 323 g/mol. The number of nitrogens with one attached hydrogen (secondary N) is 1. The largest absolute Gasteiger partial charge is 0.375 e. The second kappa shape index (κ2) is 8.04. The van der Waals surface area contributed by atoms with E-state index in [-0.39, 0.29) is 6.04 Å². The Balaban J connectivity index is 1.73. The van der Waals surface area contributed by atoms with Gasteiger partial charge in [0.15, 0.2) is 0 Å². The van der Waals surface area contributed by atoms with Gasteiger partial charge in [0.1, 0.15) is 0 Å². The fourth-order valence-corrected chi connectivity index (χ4v) is 3.85. The fraction of sp³-hybridized carbons (Fsp3) is 0.375. The van der Waals surface area contributed by atoms with Crippen molar-refractivity contribution in [1.29, 1.82) is 0 Å². The zero-order chi connectivity index (χ0) is 15.2. The molecular formula is C16H20Cl2N2S. The smallest absolute Gasteiger partial charge is 0.0991 e. The molecule has 0 radical (unpaired) electrons. The molecule has 2 aromatic rings. The van der Waals surface area contributed by atoms with E-state index in [1.165, 1.54) is 17.0 Å². The van der Waals surface area contributed by atoms with Gasteiger partial charge >= 0.3 is 0 Å². The van der Waals surface area contributed by atoms with Crippen LogP contribution in [-0.2, 0) is 0 Å². The van der Waals surface area contributed by atoms with Crippen molar-refractivity contribution in [1.82, 2.24) is 5.32 Å². The molecule has 0 aliphatic heterocycles. The van der Waals surface area contributed by atoms with E-state index in [2.05, 4.69) is 48.5 Å². The molecule has 1 N–H and O–H groups in total. The zero-order valence-corrected chi connectivity index (χ0v) is 14.6. The highest BCUT2D eigenvalue weighted by atomic mass is 35.5. The Morgan fingerprint density at radius 2 is 1.95 bits per heavy atom. The van der Waals surface area contributed by atoms with Crippen LogP contribution in [0.1, 0.15) is 24.9 Å². The summed E-state index contributed by atoms with van der Waals surface area (Å²) in [6.45, 7) is 4.08. The summed E-state index contributed by atoms with van der Waals surface area (Å²) < 4.78 is 1.52. The van der Waals surface area contributed by atoms with Crippen LogP contribution in [0.5, 0.6) is 0 Å². The molecule has 1 aromatic carbocycles. The van der Waals surface area contributed by atoms with Crippen LogP contribution in [0, 0.1) is 0 Å². The van der Waals surface area contributed by atoms with E-state index in [4.69, 9.17) is 23.2 Å². The van der Waals surface area contributed by atoms with Crippen LogP contribution in [0.25, 0.3) is 0 Å². The summed E-state index contributed by atoms with van der Waals surface area (Å²) in [5.74, 6) is 0. The molecule has 0 saturated carbocycles. The number of anilines is 1. The maximum Gasteiger partial charge on any atom is 0.0991 e. The Kier molecular flexibility index (Phi) is 6.37. The van der Waals surface area contributed by atoms with E-state index in [0.717, 1.165) is 33.7 Å². The van der Waals surface area contributed by atoms with Gasteiger partial charge in [-0.1, -0.05) is 41.4 Å². The van der Waals surface area contributed by atoms with Gasteiger partial charge in [-0.15, -0.1) is 11.3 Å². The van der Waals surface area contributed by atoms with Crippen LogP contribution in [-0.4, -0.2) is 20.1 Å². The summed E-state index contributed by atoms with van der Waals surface area (Å²) >= 11 is 13.6. The minimum absolute atomic E-state index is 0.225. The molecule has 0 bridgehead atoms.